The minimum absolute atomic E-state index is 0.0178. The van der Waals surface area contributed by atoms with Gasteiger partial charge in [-0.05, 0) is 42.5 Å². The van der Waals surface area contributed by atoms with E-state index in [1.165, 1.54) is 9.80 Å². The molecule has 1 saturated heterocycles. The largest absolute Gasteiger partial charge is 0.354 e. The second kappa shape index (κ2) is 13.3. The molecule has 206 valence electrons. The van der Waals surface area contributed by atoms with E-state index in [-0.39, 0.29) is 55.0 Å². The zero-order valence-corrected chi connectivity index (χ0v) is 23.5. The van der Waals surface area contributed by atoms with Gasteiger partial charge in [0.15, 0.2) is 0 Å². The first kappa shape index (κ1) is 28.8. The Labute approximate surface area is 239 Å². The number of likely N-dealkylation sites (tertiary alicyclic amines) is 1. The van der Waals surface area contributed by atoms with Gasteiger partial charge in [0.05, 0.1) is 21.9 Å². The number of halogens is 2. The molecule has 4 amide bonds. The summed E-state index contributed by atoms with van der Waals surface area (Å²) < 4.78 is 0. The molecule has 2 aromatic rings. The van der Waals surface area contributed by atoms with Crippen LogP contribution in [0, 0.1) is 11.8 Å². The second-order valence-corrected chi connectivity index (χ2v) is 10.8. The van der Waals surface area contributed by atoms with Crippen LogP contribution >= 0.6 is 23.2 Å². The van der Waals surface area contributed by atoms with Crippen molar-refractivity contribution in [3.63, 3.8) is 0 Å². The summed E-state index contributed by atoms with van der Waals surface area (Å²) in [6.07, 6.45) is 5.92. The fraction of sp³-hybridized carbons (Fsp3) is 0.400. The number of hydrogen-bond acceptors (Lipinski definition) is 4. The summed E-state index contributed by atoms with van der Waals surface area (Å²) in [6.45, 7) is 2.54. The third kappa shape index (κ3) is 6.89. The standard InChI is InChI=1S/C30H33Cl2N3O4/c1-2-15-33-28(37)26(18-20-8-4-3-5-9-20)35(19-21-12-13-24(31)25(32)17-21)27(36)14-16-34-29(38)22-10-6-7-11-23(22)30(34)39/h3-9,12-13,17,22-23,26H,2,10-11,14-16,18-19H2,1H3,(H,33,37)/t22-,23+,26?. The fourth-order valence-corrected chi connectivity index (χ4v) is 5.52. The summed E-state index contributed by atoms with van der Waals surface area (Å²) in [5, 5.41) is 3.67. The minimum Gasteiger partial charge on any atom is -0.354 e. The molecule has 1 fully saturated rings. The molecule has 3 atom stereocenters. The number of allylic oxidation sites excluding steroid dienone is 2. The summed E-state index contributed by atoms with van der Waals surface area (Å²) in [6, 6.07) is 13.8. The Hall–Kier alpha value is -3.16. The molecule has 1 heterocycles. The molecule has 39 heavy (non-hydrogen) atoms. The summed E-state index contributed by atoms with van der Waals surface area (Å²) in [5.41, 5.74) is 1.62. The molecule has 9 heteroatoms. The molecule has 7 nitrogen and oxygen atoms in total. The third-order valence-electron chi connectivity index (χ3n) is 7.31. The molecule has 2 aliphatic rings. The Bertz CT molecular complexity index is 1220. The van der Waals surface area contributed by atoms with E-state index < -0.39 is 6.04 Å². The average molecular weight is 571 g/mol. The van der Waals surface area contributed by atoms with Crippen LogP contribution in [-0.4, -0.2) is 52.6 Å². The lowest BCUT2D eigenvalue weighted by Crippen LogP contribution is -2.51. The minimum atomic E-state index is -0.808. The van der Waals surface area contributed by atoms with Gasteiger partial charge in [0.25, 0.3) is 0 Å². The quantitative estimate of drug-likeness (QED) is 0.311. The molecular weight excluding hydrogens is 537 g/mol. The number of hydrogen-bond donors (Lipinski definition) is 1. The maximum Gasteiger partial charge on any atom is 0.243 e. The number of benzene rings is 2. The van der Waals surface area contributed by atoms with Crippen LogP contribution in [0.15, 0.2) is 60.7 Å². The maximum absolute atomic E-state index is 13.8. The number of amides is 4. The van der Waals surface area contributed by atoms with Crippen LogP contribution in [0.3, 0.4) is 0 Å². The van der Waals surface area contributed by atoms with E-state index in [1.807, 2.05) is 49.4 Å². The Balaban J connectivity index is 1.59. The van der Waals surface area contributed by atoms with Crippen molar-refractivity contribution in [2.75, 3.05) is 13.1 Å². The monoisotopic (exact) mass is 569 g/mol. The summed E-state index contributed by atoms with van der Waals surface area (Å²) in [4.78, 5) is 55.9. The van der Waals surface area contributed by atoms with E-state index in [9.17, 15) is 19.2 Å². The van der Waals surface area contributed by atoms with Gasteiger partial charge >= 0.3 is 0 Å². The topological polar surface area (TPSA) is 86.8 Å². The molecule has 4 rings (SSSR count). The van der Waals surface area contributed by atoms with Crippen LogP contribution in [0.2, 0.25) is 10.0 Å². The number of carbonyl (C=O) groups is 4. The molecule has 0 spiro atoms. The summed E-state index contributed by atoms with van der Waals surface area (Å²) in [7, 11) is 0. The first-order valence-electron chi connectivity index (χ1n) is 13.3. The lowest BCUT2D eigenvalue weighted by molar-refractivity contribution is -0.144. The van der Waals surface area contributed by atoms with Gasteiger partial charge in [-0.15, -0.1) is 0 Å². The molecule has 0 bridgehead atoms. The van der Waals surface area contributed by atoms with Crippen LogP contribution in [0.1, 0.15) is 43.7 Å². The number of rotatable bonds is 11. The van der Waals surface area contributed by atoms with Crippen LogP contribution in [0.5, 0.6) is 0 Å². The smallest absolute Gasteiger partial charge is 0.243 e. The van der Waals surface area contributed by atoms with Gasteiger partial charge in [-0.1, -0.05) is 78.7 Å². The normalized spacial score (nSPS) is 19.1. The van der Waals surface area contributed by atoms with Crippen molar-refractivity contribution in [1.29, 1.82) is 0 Å². The highest BCUT2D eigenvalue weighted by atomic mass is 35.5. The Morgan fingerprint density at radius 2 is 1.64 bits per heavy atom. The highest BCUT2D eigenvalue weighted by Crippen LogP contribution is 2.35. The van der Waals surface area contributed by atoms with Crippen molar-refractivity contribution in [1.82, 2.24) is 15.1 Å². The molecule has 1 aliphatic heterocycles. The predicted octanol–water partition coefficient (Wildman–Crippen LogP) is 4.80. The Morgan fingerprint density at radius 1 is 0.974 bits per heavy atom. The molecule has 1 unspecified atom stereocenters. The van der Waals surface area contributed by atoms with E-state index in [1.54, 1.807) is 18.2 Å². The number of nitrogens with zero attached hydrogens (tertiary/aromatic N) is 2. The third-order valence-corrected chi connectivity index (χ3v) is 8.04. The van der Waals surface area contributed by atoms with Gasteiger partial charge in [0.1, 0.15) is 6.04 Å². The van der Waals surface area contributed by atoms with Crippen LogP contribution in [0.4, 0.5) is 0 Å². The first-order chi connectivity index (χ1) is 18.8. The van der Waals surface area contributed by atoms with E-state index in [2.05, 4.69) is 5.32 Å². The molecule has 1 N–H and O–H groups in total. The van der Waals surface area contributed by atoms with Crippen LogP contribution in [-0.2, 0) is 32.1 Å². The number of fused-ring (bicyclic) bond motifs is 1. The van der Waals surface area contributed by atoms with Gasteiger partial charge in [-0.3, -0.25) is 24.1 Å². The van der Waals surface area contributed by atoms with Crippen molar-refractivity contribution in [2.24, 2.45) is 11.8 Å². The van der Waals surface area contributed by atoms with E-state index in [0.717, 1.165) is 12.0 Å². The van der Waals surface area contributed by atoms with Gasteiger partial charge in [0, 0.05) is 32.5 Å². The second-order valence-electron chi connectivity index (χ2n) is 10.0. The van der Waals surface area contributed by atoms with Crippen molar-refractivity contribution in [3.8, 4) is 0 Å². The molecule has 0 aromatic heterocycles. The van der Waals surface area contributed by atoms with Crippen LogP contribution < -0.4 is 5.32 Å². The predicted molar refractivity (Wildman–Crippen MR) is 151 cm³/mol. The Kier molecular flexibility index (Phi) is 9.81. The van der Waals surface area contributed by atoms with Crippen molar-refractivity contribution >= 4 is 46.8 Å². The van der Waals surface area contributed by atoms with E-state index in [4.69, 9.17) is 23.2 Å². The highest BCUT2D eigenvalue weighted by Gasteiger charge is 2.47. The van der Waals surface area contributed by atoms with Crippen molar-refractivity contribution < 1.29 is 19.2 Å². The molecule has 0 saturated carbocycles. The summed E-state index contributed by atoms with van der Waals surface area (Å²) in [5.74, 6) is -1.74. The van der Waals surface area contributed by atoms with Crippen molar-refractivity contribution in [2.45, 2.75) is 51.6 Å². The molecule has 2 aromatic carbocycles. The maximum atomic E-state index is 13.8. The van der Waals surface area contributed by atoms with E-state index in [0.29, 0.717) is 41.4 Å². The zero-order valence-electron chi connectivity index (χ0n) is 21.9. The lowest BCUT2D eigenvalue weighted by atomic mass is 9.85. The van der Waals surface area contributed by atoms with Crippen LogP contribution in [0.25, 0.3) is 0 Å². The number of imide groups is 1. The zero-order chi connectivity index (χ0) is 27.9. The van der Waals surface area contributed by atoms with Gasteiger partial charge in [-0.2, -0.15) is 0 Å². The van der Waals surface area contributed by atoms with Gasteiger partial charge in [0.2, 0.25) is 23.6 Å². The average Bonchev–Trinajstić information content (AvgIpc) is 3.19. The highest BCUT2D eigenvalue weighted by molar-refractivity contribution is 6.42. The Morgan fingerprint density at radius 3 is 2.26 bits per heavy atom. The van der Waals surface area contributed by atoms with E-state index >= 15 is 0 Å². The van der Waals surface area contributed by atoms with Crippen molar-refractivity contribution in [3.05, 3.63) is 81.9 Å². The molecular formula is C30H33Cl2N3O4. The molecule has 1 aliphatic carbocycles. The lowest BCUT2D eigenvalue weighted by Gasteiger charge is -2.32. The van der Waals surface area contributed by atoms with Gasteiger partial charge in [-0.25, -0.2) is 0 Å². The van der Waals surface area contributed by atoms with Gasteiger partial charge < -0.3 is 10.2 Å². The fourth-order valence-electron chi connectivity index (χ4n) is 5.20. The summed E-state index contributed by atoms with van der Waals surface area (Å²) >= 11 is 12.4. The molecule has 0 radical (unpaired) electrons. The SMILES string of the molecule is CCCNC(=O)C(Cc1ccccc1)N(Cc1ccc(Cl)c(Cl)c1)C(=O)CCN1C(=O)[C@H]2CC=CC[C@H]2C1=O. The number of carbonyl (C=O) groups excluding carboxylic acids is 4. The number of nitrogens with one attached hydrogen (secondary N) is 1. The first-order valence-corrected chi connectivity index (χ1v) is 14.1.